The number of amides is 2. The lowest BCUT2D eigenvalue weighted by Gasteiger charge is -2.39. The Labute approximate surface area is 147 Å². The number of hydrogen-bond donors (Lipinski definition) is 3. The van der Waals surface area contributed by atoms with Gasteiger partial charge in [-0.2, -0.15) is 0 Å². The van der Waals surface area contributed by atoms with Crippen molar-refractivity contribution in [2.75, 3.05) is 13.1 Å². The number of urea groups is 1. The van der Waals surface area contributed by atoms with Crippen LogP contribution in [-0.2, 0) is 5.60 Å². The third-order valence-corrected chi connectivity index (χ3v) is 5.55. The molecule has 1 aromatic rings. The van der Waals surface area contributed by atoms with Crippen molar-refractivity contribution in [3.8, 4) is 0 Å². The molecule has 24 heavy (non-hydrogen) atoms. The molecule has 2 fully saturated rings. The molecule has 1 heterocycles. The topological polar surface area (TPSA) is 72.8 Å². The normalized spacial score (nSPS) is 26.9. The second-order valence-corrected chi connectivity index (χ2v) is 7.37. The Kier molecular flexibility index (Phi) is 5.33. The standard InChI is InChI=1S/C18H25ClN2O3/c19-14-7-5-13(6-8-14)18(24)9-11-21(12-10-18)17(23)20-15-3-1-2-4-16(15)22/h5-8,15-16,22,24H,1-4,9-12H2,(H,20,23)/t15-,16-/m1/s1. The van der Waals surface area contributed by atoms with E-state index in [4.69, 9.17) is 11.6 Å². The van der Waals surface area contributed by atoms with E-state index >= 15 is 0 Å². The Balaban J connectivity index is 1.56. The van der Waals surface area contributed by atoms with E-state index in [0.717, 1.165) is 31.2 Å². The quantitative estimate of drug-likeness (QED) is 0.766. The smallest absolute Gasteiger partial charge is 0.317 e. The number of piperidine rings is 1. The van der Waals surface area contributed by atoms with Gasteiger partial charge >= 0.3 is 6.03 Å². The van der Waals surface area contributed by atoms with Crippen molar-refractivity contribution >= 4 is 17.6 Å². The van der Waals surface area contributed by atoms with Crippen LogP contribution >= 0.6 is 11.6 Å². The van der Waals surface area contributed by atoms with Crippen molar-refractivity contribution < 1.29 is 15.0 Å². The lowest BCUT2D eigenvalue weighted by molar-refractivity contribution is -0.0177. The van der Waals surface area contributed by atoms with E-state index in [1.165, 1.54) is 0 Å². The van der Waals surface area contributed by atoms with Gasteiger partial charge in [0, 0.05) is 18.1 Å². The summed E-state index contributed by atoms with van der Waals surface area (Å²) in [6.07, 6.45) is 4.18. The maximum Gasteiger partial charge on any atom is 0.317 e. The van der Waals surface area contributed by atoms with Crippen LogP contribution in [0.25, 0.3) is 0 Å². The number of rotatable bonds is 2. The fourth-order valence-electron chi connectivity index (χ4n) is 3.66. The van der Waals surface area contributed by atoms with Crippen LogP contribution in [0.1, 0.15) is 44.1 Å². The van der Waals surface area contributed by atoms with Gasteiger partial charge in [-0.25, -0.2) is 4.79 Å². The molecule has 1 aliphatic heterocycles. The van der Waals surface area contributed by atoms with Crippen LogP contribution in [-0.4, -0.2) is 46.4 Å². The van der Waals surface area contributed by atoms with Gasteiger partial charge in [0.2, 0.25) is 0 Å². The molecule has 2 amide bonds. The Morgan fingerprint density at radius 1 is 1.17 bits per heavy atom. The lowest BCUT2D eigenvalue weighted by atomic mass is 9.84. The van der Waals surface area contributed by atoms with Crippen molar-refractivity contribution in [3.63, 3.8) is 0 Å². The van der Waals surface area contributed by atoms with E-state index in [2.05, 4.69) is 5.32 Å². The Hall–Kier alpha value is -1.30. The molecule has 1 aliphatic carbocycles. The third-order valence-electron chi connectivity index (χ3n) is 5.30. The molecule has 3 rings (SSSR count). The van der Waals surface area contributed by atoms with Gasteiger partial charge in [0.05, 0.1) is 17.7 Å². The number of nitrogens with one attached hydrogen (secondary N) is 1. The van der Waals surface area contributed by atoms with E-state index in [0.29, 0.717) is 31.0 Å². The molecule has 1 saturated carbocycles. The van der Waals surface area contributed by atoms with Crippen molar-refractivity contribution in [1.29, 1.82) is 0 Å². The highest BCUT2D eigenvalue weighted by Crippen LogP contribution is 2.33. The number of benzene rings is 1. The van der Waals surface area contributed by atoms with Crippen LogP contribution in [0.4, 0.5) is 4.79 Å². The fourth-order valence-corrected chi connectivity index (χ4v) is 3.78. The van der Waals surface area contributed by atoms with E-state index in [9.17, 15) is 15.0 Å². The van der Waals surface area contributed by atoms with Crippen molar-refractivity contribution in [2.24, 2.45) is 0 Å². The Bertz CT molecular complexity index is 570. The number of halogens is 1. The molecular formula is C18H25ClN2O3. The molecule has 132 valence electrons. The Morgan fingerprint density at radius 3 is 2.42 bits per heavy atom. The first-order valence-electron chi connectivity index (χ1n) is 8.70. The number of hydrogen-bond acceptors (Lipinski definition) is 3. The number of nitrogens with zero attached hydrogens (tertiary/aromatic N) is 1. The van der Waals surface area contributed by atoms with Crippen LogP contribution in [0.3, 0.4) is 0 Å². The van der Waals surface area contributed by atoms with E-state index < -0.39 is 11.7 Å². The number of carbonyl (C=O) groups is 1. The monoisotopic (exact) mass is 352 g/mol. The lowest BCUT2D eigenvalue weighted by Crippen LogP contribution is -2.53. The van der Waals surface area contributed by atoms with Gasteiger partial charge < -0.3 is 20.4 Å². The van der Waals surface area contributed by atoms with Gasteiger partial charge in [0.1, 0.15) is 0 Å². The first-order valence-corrected chi connectivity index (χ1v) is 9.08. The number of likely N-dealkylation sites (tertiary alicyclic amines) is 1. The zero-order valence-corrected chi connectivity index (χ0v) is 14.5. The predicted octanol–water partition coefficient (Wildman–Crippen LogP) is 2.64. The van der Waals surface area contributed by atoms with Crippen LogP contribution in [0, 0.1) is 0 Å². The molecule has 0 spiro atoms. The minimum absolute atomic E-state index is 0.140. The average Bonchev–Trinajstić information content (AvgIpc) is 2.58. The molecule has 1 aromatic carbocycles. The van der Waals surface area contributed by atoms with Crippen molar-refractivity contribution in [2.45, 2.75) is 56.3 Å². The molecule has 2 aliphatic rings. The predicted molar refractivity (Wildman–Crippen MR) is 93.0 cm³/mol. The highest BCUT2D eigenvalue weighted by molar-refractivity contribution is 6.30. The first-order chi connectivity index (χ1) is 11.5. The SMILES string of the molecule is O=C(N[C@@H]1CCCC[C@H]1O)N1CCC(O)(c2ccc(Cl)cc2)CC1. The summed E-state index contributed by atoms with van der Waals surface area (Å²) in [6, 6.07) is 6.95. The number of carbonyl (C=O) groups excluding carboxylic acids is 1. The van der Waals surface area contributed by atoms with Crippen LogP contribution in [0.2, 0.25) is 5.02 Å². The van der Waals surface area contributed by atoms with E-state index in [-0.39, 0.29) is 12.1 Å². The summed E-state index contributed by atoms with van der Waals surface area (Å²) < 4.78 is 0. The molecular weight excluding hydrogens is 328 g/mol. The van der Waals surface area contributed by atoms with E-state index in [1.807, 2.05) is 12.1 Å². The summed E-state index contributed by atoms with van der Waals surface area (Å²) in [4.78, 5) is 14.1. The van der Waals surface area contributed by atoms with Crippen LogP contribution in [0.5, 0.6) is 0 Å². The number of aliphatic hydroxyl groups excluding tert-OH is 1. The zero-order valence-electron chi connectivity index (χ0n) is 13.7. The summed E-state index contributed by atoms with van der Waals surface area (Å²) in [5.41, 5.74) is -0.0687. The molecule has 1 saturated heterocycles. The Morgan fingerprint density at radius 2 is 1.79 bits per heavy atom. The number of aliphatic hydroxyl groups is 2. The second-order valence-electron chi connectivity index (χ2n) is 6.93. The summed E-state index contributed by atoms with van der Waals surface area (Å²) in [5.74, 6) is 0. The van der Waals surface area contributed by atoms with Gasteiger partial charge in [0.25, 0.3) is 0 Å². The first kappa shape index (κ1) is 17.5. The van der Waals surface area contributed by atoms with Crippen LogP contribution in [0.15, 0.2) is 24.3 Å². The van der Waals surface area contributed by atoms with Gasteiger partial charge in [-0.1, -0.05) is 36.6 Å². The second kappa shape index (κ2) is 7.30. The summed E-state index contributed by atoms with van der Waals surface area (Å²) in [6.45, 7) is 0.988. The minimum atomic E-state index is -0.911. The van der Waals surface area contributed by atoms with Crippen LogP contribution < -0.4 is 5.32 Å². The molecule has 0 bridgehead atoms. The van der Waals surface area contributed by atoms with Gasteiger partial charge in [-0.15, -0.1) is 0 Å². The highest BCUT2D eigenvalue weighted by Gasteiger charge is 2.36. The summed E-state index contributed by atoms with van der Waals surface area (Å²) in [7, 11) is 0. The van der Waals surface area contributed by atoms with Crippen molar-refractivity contribution in [1.82, 2.24) is 10.2 Å². The van der Waals surface area contributed by atoms with Gasteiger partial charge in [0.15, 0.2) is 0 Å². The van der Waals surface area contributed by atoms with Crippen molar-refractivity contribution in [3.05, 3.63) is 34.9 Å². The van der Waals surface area contributed by atoms with E-state index in [1.54, 1.807) is 17.0 Å². The maximum atomic E-state index is 12.4. The zero-order chi connectivity index (χ0) is 17.2. The van der Waals surface area contributed by atoms with Gasteiger partial charge in [-0.05, 0) is 43.4 Å². The molecule has 3 N–H and O–H groups in total. The van der Waals surface area contributed by atoms with Gasteiger partial charge in [-0.3, -0.25) is 0 Å². The molecule has 0 radical (unpaired) electrons. The fraction of sp³-hybridized carbons (Fsp3) is 0.611. The average molecular weight is 353 g/mol. The molecule has 6 heteroatoms. The molecule has 0 unspecified atom stereocenters. The largest absolute Gasteiger partial charge is 0.391 e. The molecule has 0 aromatic heterocycles. The highest BCUT2D eigenvalue weighted by atomic mass is 35.5. The summed E-state index contributed by atoms with van der Waals surface area (Å²) >= 11 is 5.90. The summed E-state index contributed by atoms with van der Waals surface area (Å²) in [5, 5.41) is 24.4. The maximum absolute atomic E-state index is 12.4. The third kappa shape index (κ3) is 3.85. The molecule has 5 nitrogen and oxygen atoms in total. The molecule has 2 atom stereocenters. The minimum Gasteiger partial charge on any atom is -0.391 e.